The Labute approximate surface area is 67.5 Å². The largest absolute Gasteiger partial charge is 0.156 e. The molecule has 0 aromatic heterocycles. The van der Waals surface area contributed by atoms with Crippen LogP contribution in [0.2, 0.25) is 11.8 Å². The lowest BCUT2D eigenvalue weighted by atomic mass is 9.71. The summed E-state index contributed by atoms with van der Waals surface area (Å²) in [7, 11) is 1.02. The molecule has 0 saturated heterocycles. The number of hydrogen-bond donors (Lipinski definition) is 0. The van der Waals surface area contributed by atoms with Crippen molar-refractivity contribution < 1.29 is 0 Å². The molecule has 0 spiro atoms. The fourth-order valence-electron chi connectivity index (χ4n) is 1.11. The standard InChI is InChI=1S/C8H10BCl/c1-6-4-3-5-7(10)8(6)9-2/h3-5,9H,1-2H3. The summed E-state index contributed by atoms with van der Waals surface area (Å²) in [6, 6.07) is 6.01. The van der Waals surface area contributed by atoms with E-state index in [2.05, 4.69) is 19.8 Å². The van der Waals surface area contributed by atoms with Crippen molar-refractivity contribution in [1.29, 1.82) is 0 Å². The fourth-order valence-corrected chi connectivity index (χ4v) is 1.47. The first-order valence-corrected chi connectivity index (χ1v) is 3.87. The monoisotopic (exact) mass is 152 g/mol. The molecule has 0 aliphatic heterocycles. The number of hydrogen-bond acceptors (Lipinski definition) is 0. The lowest BCUT2D eigenvalue weighted by Gasteiger charge is -2.02. The van der Waals surface area contributed by atoms with Crippen molar-refractivity contribution in [2.45, 2.75) is 13.7 Å². The quantitative estimate of drug-likeness (QED) is 0.538. The van der Waals surface area contributed by atoms with Gasteiger partial charge < -0.3 is 0 Å². The van der Waals surface area contributed by atoms with Gasteiger partial charge in [0.05, 0.1) is 0 Å². The maximum atomic E-state index is 5.93. The molecule has 0 saturated carbocycles. The highest BCUT2D eigenvalue weighted by Crippen LogP contribution is 2.06. The Morgan fingerprint density at radius 3 is 2.50 bits per heavy atom. The molecule has 0 heterocycles. The van der Waals surface area contributed by atoms with Crippen molar-refractivity contribution in [2.24, 2.45) is 0 Å². The average Bonchev–Trinajstić information content (AvgIpc) is 1.88. The summed E-state index contributed by atoms with van der Waals surface area (Å²) >= 11 is 5.93. The van der Waals surface area contributed by atoms with Gasteiger partial charge in [-0.05, 0) is 13.0 Å². The molecule has 0 aliphatic rings. The first-order valence-electron chi connectivity index (χ1n) is 3.49. The van der Waals surface area contributed by atoms with Crippen LogP contribution < -0.4 is 5.46 Å². The van der Waals surface area contributed by atoms with Crippen LogP contribution in [0.3, 0.4) is 0 Å². The van der Waals surface area contributed by atoms with Gasteiger partial charge in [0.1, 0.15) is 0 Å². The van der Waals surface area contributed by atoms with Crippen molar-refractivity contribution in [1.82, 2.24) is 0 Å². The second kappa shape index (κ2) is 3.11. The molecule has 0 radical (unpaired) electrons. The van der Waals surface area contributed by atoms with E-state index in [9.17, 15) is 0 Å². The van der Waals surface area contributed by atoms with Crippen LogP contribution in [0.4, 0.5) is 0 Å². The second-order valence-corrected chi connectivity index (χ2v) is 2.80. The molecule has 0 atom stereocenters. The molecule has 1 aromatic rings. The lowest BCUT2D eigenvalue weighted by Crippen LogP contribution is -2.15. The summed E-state index contributed by atoms with van der Waals surface area (Å²) in [6.07, 6.45) is 0. The summed E-state index contributed by atoms with van der Waals surface area (Å²) in [4.78, 5) is 0. The maximum absolute atomic E-state index is 5.93. The molecule has 0 N–H and O–H groups in total. The molecular formula is C8H10BCl. The van der Waals surface area contributed by atoms with Gasteiger partial charge in [0.15, 0.2) is 7.28 Å². The molecule has 0 amide bonds. The normalized spacial score (nSPS) is 9.50. The SMILES string of the molecule is CBc1c(C)cccc1Cl. The second-order valence-electron chi connectivity index (χ2n) is 2.39. The van der Waals surface area contributed by atoms with Gasteiger partial charge in [0.25, 0.3) is 0 Å². The van der Waals surface area contributed by atoms with E-state index in [0.29, 0.717) is 0 Å². The zero-order valence-corrected chi connectivity index (χ0v) is 7.07. The topological polar surface area (TPSA) is 0 Å². The van der Waals surface area contributed by atoms with Crippen LogP contribution in [0.1, 0.15) is 5.56 Å². The summed E-state index contributed by atoms with van der Waals surface area (Å²) < 4.78 is 0. The Balaban J connectivity index is 3.17. The highest BCUT2D eigenvalue weighted by atomic mass is 35.5. The Morgan fingerprint density at radius 2 is 2.10 bits per heavy atom. The third kappa shape index (κ3) is 1.35. The molecule has 10 heavy (non-hydrogen) atoms. The van der Waals surface area contributed by atoms with Crippen molar-refractivity contribution in [3.63, 3.8) is 0 Å². The van der Waals surface area contributed by atoms with Crippen LogP contribution in [0.25, 0.3) is 0 Å². The lowest BCUT2D eigenvalue weighted by molar-refractivity contribution is 1.51. The molecule has 52 valence electrons. The molecule has 0 fully saturated rings. The third-order valence-corrected chi connectivity index (χ3v) is 2.06. The van der Waals surface area contributed by atoms with E-state index in [-0.39, 0.29) is 0 Å². The van der Waals surface area contributed by atoms with Crippen LogP contribution in [0, 0.1) is 6.92 Å². The van der Waals surface area contributed by atoms with E-state index in [1.54, 1.807) is 0 Å². The minimum atomic E-state index is 0.891. The van der Waals surface area contributed by atoms with E-state index in [1.165, 1.54) is 11.0 Å². The van der Waals surface area contributed by atoms with Crippen LogP contribution in [0.5, 0.6) is 0 Å². The molecule has 1 rings (SSSR count). The average molecular weight is 152 g/mol. The van der Waals surface area contributed by atoms with Crippen molar-refractivity contribution in [3.8, 4) is 0 Å². The molecule has 0 nitrogen and oxygen atoms in total. The van der Waals surface area contributed by atoms with Crippen molar-refractivity contribution in [3.05, 3.63) is 28.8 Å². The van der Waals surface area contributed by atoms with Crippen LogP contribution >= 0.6 is 11.6 Å². The predicted octanol–water partition coefficient (Wildman–Crippen LogP) is 1.76. The molecule has 2 heteroatoms. The Bertz CT molecular complexity index is 212. The van der Waals surface area contributed by atoms with Crippen molar-refractivity contribution in [2.75, 3.05) is 0 Å². The summed E-state index contributed by atoms with van der Waals surface area (Å²) in [5.41, 5.74) is 2.55. The number of rotatable bonds is 1. The van der Waals surface area contributed by atoms with Crippen LogP contribution in [-0.4, -0.2) is 7.28 Å². The maximum Gasteiger partial charge on any atom is 0.156 e. The smallest absolute Gasteiger partial charge is 0.0849 e. The summed E-state index contributed by atoms with van der Waals surface area (Å²) in [5.74, 6) is 0. The van der Waals surface area contributed by atoms with Gasteiger partial charge in [-0.2, -0.15) is 0 Å². The van der Waals surface area contributed by atoms with Crippen LogP contribution in [0.15, 0.2) is 18.2 Å². The molecule has 1 aromatic carbocycles. The number of halogens is 1. The summed E-state index contributed by atoms with van der Waals surface area (Å²) in [6.45, 7) is 4.21. The molecule has 0 unspecified atom stereocenters. The predicted molar refractivity (Wildman–Crippen MR) is 48.8 cm³/mol. The van der Waals surface area contributed by atoms with Gasteiger partial charge >= 0.3 is 0 Å². The first kappa shape index (κ1) is 7.68. The highest BCUT2D eigenvalue weighted by Gasteiger charge is 1.99. The fraction of sp³-hybridized carbons (Fsp3) is 0.250. The zero-order valence-electron chi connectivity index (χ0n) is 6.32. The third-order valence-electron chi connectivity index (χ3n) is 1.71. The Morgan fingerprint density at radius 1 is 1.40 bits per heavy atom. The van der Waals surface area contributed by atoms with Gasteiger partial charge in [-0.15, -0.1) is 0 Å². The van der Waals surface area contributed by atoms with E-state index in [0.717, 1.165) is 12.3 Å². The van der Waals surface area contributed by atoms with E-state index in [4.69, 9.17) is 11.6 Å². The van der Waals surface area contributed by atoms with Gasteiger partial charge in [-0.3, -0.25) is 0 Å². The van der Waals surface area contributed by atoms with Gasteiger partial charge in [0.2, 0.25) is 0 Å². The Kier molecular flexibility index (Phi) is 2.39. The zero-order chi connectivity index (χ0) is 7.56. The van der Waals surface area contributed by atoms with Gasteiger partial charge in [-0.1, -0.05) is 41.6 Å². The van der Waals surface area contributed by atoms with Gasteiger partial charge in [0, 0.05) is 5.02 Å². The Hall–Kier alpha value is -0.425. The number of aryl methyl sites for hydroxylation is 1. The number of benzene rings is 1. The van der Waals surface area contributed by atoms with Crippen LogP contribution in [-0.2, 0) is 0 Å². The minimum absolute atomic E-state index is 0.891. The first-order chi connectivity index (χ1) is 4.75. The van der Waals surface area contributed by atoms with Gasteiger partial charge in [-0.25, -0.2) is 0 Å². The van der Waals surface area contributed by atoms with E-state index in [1.807, 2.05) is 12.1 Å². The molecule has 0 bridgehead atoms. The molecular weight excluding hydrogens is 142 g/mol. The molecule has 0 aliphatic carbocycles. The minimum Gasteiger partial charge on any atom is -0.0849 e. The summed E-state index contributed by atoms with van der Waals surface area (Å²) in [5, 5.41) is 0.891. The van der Waals surface area contributed by atoms with E-state index >= 15 is 0 Å². The van der Waals surface area contributed by atoms with E-state index < -0.39 is 0 Å². The highest BCUT2D eigenvalue weighted by molar-refractivity contribution is 6.57. The van der Waals surface area contributed by atoms with Crippen molar-refractivity contribution >= 4 is 24.3 Å².